The van der Waals surface area contributed by atoms with Gasteiger partial charge in [0.1, 0.15) is 0 Å². The molecule has 2 heterocycles. The van der Waals surface area contributed by atoms with Gasteiger partial charge in [-0.25, -0.2) is 0 Å². The third-order valence-corrected chi connectivity index (χ3v) is 3.37. The van der Waals surface area contributed by atoms with Crippen molar-refractivity contribution in [1.82, 2.24) is 19.9 Å². The molecule has 1 aromatic carbocycles. The van der Waals surface area contributed by atoms with Gasteiger partial charge in [-0.15, -0.1) is 16.6 Å². The molecule has 1 N–H and O–H groups in total. The van der Waals surface area contributed by atoms with Gasteiger partial charge in [0.2, 0.25) is 0 Å². The SMILES string of the molecule is C#CCNC(=O)c1ccc2nnc(-c3ccc(Cl)cc3)n2c1. The summed E-state index contributed by atoms with van der Waals surface area (Å²) in [4.78, 5) is 12.0. The van der Waals surface area contributed by atoms with Gasteiger partial charge >= 0.3 is 0 Å². The zero-order valence-corrected chi connectivity index (χ0v) is 12.2. The average molecular weight is 311 g/mol. The van der Waals surface area contributed by atoms with Gasteiger partial charge in [-0.2, -0.15) is 0 Å². The van der Waals surface area contributed by atoms with E-state index in [1.54, 1.807) is 34.9 Å². The molecule has 3 aromatic rings. The summed E-state index contributed by atoms with van der Waals surface area (Å²) in [5.41, 5.74) is 1.99. The molecule has 0 aliphatic rings. The van der Waals surface area contributed by atoms with Crippen molar-refractivity contribution in [2.45, 2.75) is 0 Å². The van der Waals surface area contributed by atoms with Crippen LogP contribution in [0.3, 0.4) is 0 Å². The van der Waals surface area contributed by atoms with E-state index in [-0.39, 0.29) is 12.5 Å². The maximum atomic E-state index is 12.0. The number of rotatable bonds is 3. The summed E-state index contributed by atoms with van der Waals surface area (Å²) in [6.07, 6.45) is 6.83. The van der Waals surface area contributed by atoms with Crippen molar-refractivity contribution < 1.29 is 4.79 Å². The lowest BCUT2D eigenvalue weighted by Crippen LogP contribution is -2.23. The Morgan fingerprint density at radius 3 is 2.73 bits per heavy atom. The van der Waals surface area contributed by atoms with Crippen molar-refractivity contribution in [3.05, 3.63) is 53.2 Å². The summed E-state index contributed by atoms with van der Waals surface area (Å²) in [5, 5.41) is 11.5. The van der Waals surface area contributed by atoms with E-state index in [1.165, 1.54) is 0 Å². The zero-order valence-electron chi connectivity index (χ0n) is 11.5. The van der Waals surface area contributed by atoms with Gasteiger partial charge in [-0.1, -0.05) is 17.5 Å². The summed E-state index contributed by atoms with van der Waals surface area (Å²) >= 11 is 5.89. The van der Waals surface area contributed by atoms with Crippen LogP contribution in [0.25, 0.3) is 17.0 Å². The third-order valence-electron chi connectivity index (χ3n) is 3.12. The largest absolute Gasteiger partial charge is 0.341 e. The Labute approximate surface area is 131 Å². The lowest BCUT2D eigenvalue weighted by molar-refractivity contribution is 0.0958. The number of amides is 1. The normalized spacial score (nSPS) is 10.4. The fourth-order valence-electron chi connectivity index (χ4n) is 2.05. The number of nitrogens with one attached hydrogen (secondary N) is 1. The molecule has 0 atom stereocenters. The van der Waals surface area contributed by atoms with Crippen LogP contribution in [0, 0.1) is 12.3 Å². The minimum atomic E-state index is -0.240. The van der Waals surface area contributed by atoms with Crippen molar-refractivity contribution in [1.29, 1.82) is 0 Å². The Kier molecular flexibility index (Phi) is 3.77. The molecule has 22 heavy (non-hydrogen) atoms. The minimum absolute atomic E-state index is 0.184. The van der Waals surface area contributed by atoms with Crippen LogP contribution in [-0.4, -0.2) is 27.0 Å². The lowest BCUT2D eigenvalue weighted by Gasteiger charge is -2.04. The number of terminal acetylenes is 1. The third kappa shape index (κ3) is 2.65. The van der Waals surface area contributed by atoms with Crippen LogP contribution in [0.15, 0.2) is 42.6 Å². The van der Waals surface area contributed by atoms with E-state index in [0.29, 0.717) is 22.1 Å². The van der Waals surface area contributed by atoms with Crippen LogP contribution in [0.1, 0.15) is 10.4 Å². The maximum Gasteiger partial charge on any atom is 0.253 e. The minimum Gasteiger partial charge on any atom is -0.341 e. The Balaban J connectivity index is 2.04. The van der Waals surface area contributed by atoms with Crippen molar-refractivity contribution in [3.8, 4) is 23.7 Å². The Morgan fingerprint density at radius 2 is 2.00 bits per heavy atom. The summed E-state index contributed by atoms with van der Waals surface area (Å²) in [5.74, 6) is 2.76. The molecule has 0 saturated heterocycles. The van der Waals surface area contributed by atoms with Gasteiger partial charge in [0.15, 0.2) is 11.5 Å². The molecule has 0 bridgehead atoms. The van der Waals surface area contributed by atoms with Crippen LogP contribution in [0.5, 0.6) is 0 Å². The first-order valence-electron chi connectivity index (χ1n) is 6.51. The molecule has 5 nitrogen and oxygen atoms in total. The summed E-state index contributed by atoms with van der Waals surface area (Å²) in [7, 11) is 0. The molecule has 0 saturated carbocycles. The van der Waals surface area contributed by atoms with Crippen LogP contribution in [0.2, 0.25) is 5.02 Å². The Bertz CT molecular complexity index is 877. The lowest BCUT2D eigenvalue weighted by atomic mass is 10.2. The highest BCUT2D eigenvalue weighted by Crippen LogP contribution is 2.21. The van der Waals surface area contributed by atoms with E-state index in [4.69, 9.17) is 18.0 Å². The number of fused-ring (bicyclic) bond motifs is 1. The molecule has 0 radical (unpaired) electrons. The average Bonchev–Trinajstić information content (AvgIpc) is 2.96. The fourth-order valence-corrected chi connectivity index (χ4v) is 2.18. The van der Waals surface area contributed by atoms with Gasteiger partial charge in [-0.05, 0) is 36.4 Å². The highest BCUT2D eigenvalue weighted by Gasteiger charge is 2.11. The number of carbonyl (C=O) groups excluding carboxylic acids is 1. The predicted molar refractivity (Wildman–Crippen MR) is 84.6 cm³/mol. The van der Waals surface area contributed by atoms with Crippen LogP contribution in [0.4, 0.5) is 0 Å². The van der Waals surface area contributed by atoms with Gasteiger partial charge in [-0.3, -0.25) is 9.20 Å². The van der Waals surface area contributed by atoms with E-state index in [2.05, 4.69) is 21.4 Å². The number of benzene rings is 1. The van der Waals surface area contributed by atoms with E-state index in [9.17, 15) is 4.79 Å². The molecule has 3 rings (SSSR count). The number of aromatic nitrogens is 3. The molecule has 0 aliphatic heterocycles. The highest BCUT2D eigenvalue weighted by molar-refractivity contribution is 6.30. The van der Waals surface area contributed by atoms with Crippen LogP contribution in [-0.2, 0) is 0 Å². The monoisotopic (exact) mass is 310 g/mol. The first kappa shape index (κ1) is 14.1. The molecule has 108 valence electrons. The highest BCUT2D eigenvalue weighted by atomic mass is 35.5. The molecular formula is C16H11ClN4O. The number of carbonyl (C=O) groups is 1. The number of halogens is 1. The first-order valence-corrected chi connectivity index (χ1v) is 6.89. The molecule has 2 aromatic heterocycles. The molecule has 1 amide bonds. The number of hydrogen-bond donors (Lipinski definition) is 1. The molecule has 6 heteroatoms. The van der Waals surface area contributed by atoms with Gasteiger partial charge in [0, 0.05) is 16.8 Å². The van der Waals surface area contributed by atoms with E-state index < -0.39 is 0 Å². The fraction of sp³-hybridized carbons (Fsp3) is 0.0625. The second-order valence-electron chi connectivity index (χ2n) is 4.56. The second-order valence-corrected chi connectivity index (χ2v) is 5.00. The first-order chi connectivity index (χ1) is 10.7. The molecule has 0 fully saturated rings. The Morgan fingerprint density at radius 1 is 1.23 bits per heavy atom. The van der Waals surface area contributed by atoms with E-state index in [1.807, 2.05) is 12.1 Å². The topological polar surface area (TPSA) is 59.3 Å². The van der Waals surface area contributed by atoms with Gasteiger partial charge in [0.25, 0.3) is 5.91 Å². The van der Waals surface area contributed by atoms with Crippen molar-refractivity contribution >= 4 is 23.2 Å². The molecule has 0 unspecified atom stereocenters. The number of pyridine rings is 1. The maximum absolute atomic E-state index is 12.0. The molecular weight excluding hydrogens is 300 g/mol. The zero-order chi connectivity index (χ0) is 15.5. The quantitative estimate of drug-likeness (QED) is 0.756. The van der Waals surface area contributed by atoms with E-state index >= 15 is 0 Å². The number of hydrogen-bond acceptors (Lipinski definition) is 3. The smallest absolute Gasteiger partial charge is 0.253 e. The standard InChI is InChI=1S/C16H11ClN4O/c1-2-9-18-16(22)12-5-8-14-19-20-15(21(14)10-12)11-3-6-13(17)7-4-11/h1,3-8,10H,9H2,(H,18,22). The summed E-state index contributed by atoms with van der Waals surface area (Å²) in [6.45, 7) is 0.184. The molecule has 0 aliphatic carbocycles. The van der Waals surface area contributed by atoms with Gasteiger partial charge < -0.3 is 5.32 Å². The van der Waals surface area contributed by atoms with Gasteiger partial charge in [0.05, 0.1) is 12.1 Å². The summed E-state index contributed by atoms with van der Waals surface area (Å²) in [6, 6.07) is 10.7. The Hall–Kier alpha value is -2.84. The van der Waals surface area contributed by atoms with Crippen LogP contribution < -0.4 is 5.32 Å². The van der Waals surface area contributed by atoms with Crippen molar-refractivity contribution in [2.24, 2.45) is 0 Å². The second kappa shape index (κ2) is 5.88. The predicted octanol–water partition coefficient (Wildman–Crippen LogP) is 2.41. The number of nitrogens with zero attached hydrogens (tertiary/aromatic N) is 3. The van der Waals surface area contributed by atoms with Crippen molar-refractivity contribution in [2.75, 3.05) is 6.54 Å². The van der Waals surface area contributed by atoms with Crippen LogP contribution >= 0.6 is 11.6 Å². The molecule has 0 spiro atoms. The summed E-state index contributed by atoms with van der Waals surface area (Å²) < 4.78 is 1.76. The van der Waals surface area contributed by atoms with E-state index in [0.717, 1.165) is 5.56 Å². The van der Waals surface area contributed by atoms with Crippen molar-refractivity contribution in [3.63, 3.8) is 0 Å².